The van der Waals surface area contributed by atoms with Crippen LogP contribution < -0.4 is 0 Å². The molecular formula is C10H15BO. The molecule has 1 aliphatic rings. The van der Waals surface area contributed by atoms with Gasteiger partial charge in [-0.2, -0.15) is 0 Å². The SMILES string of the molecule is BC1CCOC(=C/C)/C1=C\C=C. The first kappa shape index (κ1) is 9.18. The molecule has 0 radical (unpaired) electrons. The lowest BCUT2D eigenvalue weighted by Crippen LogP contribution is -2.13. The number of hydrogen-bond donors (Lipinski definition) is 0. The molecule has 1 atom stereocenters. The Kier molecular flexibility index (Phi) is 3.21. The monoisotopic (exact) mass is 162 g/mol. The highest BCUT2D eigenvalue weighted by Crippen LogP contribution is 2.31. The van der Waals surface area contributed by atoms with Gasteiger partial charge in [-0.1, -0.05) is 18.7 Å². The zero-order valence-electron chi connectivity index (χ0n) is 7.84. The normalized spacial score (nSPS) is 30.2. The van der Waals surface area contributed by atoms with E-state index in [4.69, 9.17) is 4.74 Å². The molecule has 0 aliphatic carbocycles. The fraction of sp³-hybridized carbons (Fsp3) is 0.400. The summed E-state index contributed by atoms with van der Waals surface area (Å²) in [5.41, 5.74) is 1.28. The van der Waals surface area contributed by atoms with E-state index in [2.05, 4.69) is 14.4 Å². The molecular weight excluding hydrogens is 147 g/mol. The van der Waals surface area contributed by atoms with E-state index in [0.29, 0.717) is 5.82 Å². The van der Waals surface area contributed by atoms with Crippen molar-refractivity contribution in [1.82, 2.24) is 0 Å². The Labute approximate surface area is 75.2 Å². The van der Waals surface area contributed by atoms with Gasteiger partial charge in [0.1, 0.15) is 13.6 Å². The van der Waals surface area contributed by atoms with Crippen molar-refractivity contribution in [3.63, 3.8) is 0 Å². The van der Waals surface area contributed by atoms with Crippen LogP contribution in [0.15, 0.2) is 36.1 Å². The van der Waals surface area contributed by atoms with E-state index >= 15 is 0 Å². The van der Waals surface area contributed by atoms with Crippen LogP contribution in [0.1, 0.15) is 13.3 Å². The van der Waals surface area contributed by atoms with Crippen molar-refractivity contribution >= 4 is 7.85 Å². The van der Waals surface area contributed by atoms with Gasteiger partial charge in [0.25, 0.3) is 0 Å². The van der Waals surface area contributed by atoms with Crippen LogP contribution in [0, 0.1) is 0 Å². The fourth-order valence-electron chi connectivity index (χ4n) is 1.45. The van der Waals surface area contributed by atoms with Gasteiger partial charge >= 0.3 is 0 Å². The van der Waals surface area contributed by atoms with Gasteiger partial charge in [0.15, 0.2) is 0 Å². The van der Waals surface area contributed by atoms with Gasteiger partial charge in [-0.3, -0.25) is 0 Å². The van der Waals surface area contributed by atoms with Gasteiger partial charge in [-0.05, 0) is 30.8 Å². The quantitative estimate of drug-likeness (QED) is 0.534. The molecule has 2 heteroatoms. The molecule has 12 heavy (non-hydrogen) atoms. The van der Waals surface area contributed by atoms with E-state index in [9.17, 15) is 0 Å². The molecule has 0 aromatic carbocycles. The molecule has 1 saturated heterocycles. The first-order valence-corrected chi connectivity index (χ1v) is 4.41. The van der Waals surface area contributed by atoms with E-state index < -0.39 is 0 Å². The van der Waals surface area contributed by atoms with Crippen molar-refractivity contribution in [2.45, 2.75) is 19.2 Å². The van der Waals surface area contributed by atoms with Crippen LogP contribution >= 0.6 is 0 Å². The molecule has 0 aromatic heterocycles. The molecule has 0 bridgehead atoms. The first-order valence-electron chi connectivity index (χ1n) is 4.41. The van der Waals surface area contributed by atoms with Crippen LogP contribution in [0.4, 0.5) is 0 Å². The Hall–Kier alpha value is -0.915. The lowest BCUT2D eigenvalue weighted by molar-refractivity contribution is 0.194. The van der Waals surface area contributed by atoms with Crippen molar-refractivity contribution in [1.29, 1.82) is 0 Å². The van der Waals surface area contributed by atoms with Crippen LogP contribution in [-0.2, 0) is 4.74 Å². The summed E-state index contributed by atoms with van der Waals surface area (Å²) in [5.74, 6) is 1.62. The third-order valence-corrected chi connectivity index (χ3v) is 2.18. The van der Waals surface area contributed by atoms with Gasteiger partial charge < -0.3 is 4.74 Å². The second-order valence-electron chi connectivity index (χ2n) is 3.05. The third kappa shape index (κ3) is 1.82. The summed E-state index contributed by atoms with van der Waals surface area (Å²) in [7, 11) is 2.22. The van der Waals surface area contributed by atoms with Gasteiger partial charge in [0.2, 0.25) is 0 Å². The average molecular weight is 162 g/mol. The highest BCUT2D eigenvalue weighted by Gasteiger charge is 2.18. The fourth-order valence-corrected chi connectivity index (χ4v) is 1.45. The Balaban J connectivity index is 2.87. The van der Waals surface area contributed by atoms with Crippen molar-refractivity contribution in [2.24, 2.45) is 0 Å². The van der Waals surface area contributed by atoms with Crippen molar-refractivity contribution in [2.75, 3.05) is 6.61 Å². The van der Waals surface area contributed by atoms with Gasteiger partial charge in [0, 0.05) is 0 Å². The molecule has 1 heterocycles. The van der Waals surface area contributed by atoms with Gasteiger partial charge in [-0.25, -0.2) is 0 Å². The van der Waals surface area contributed by atoms with Crippen LogP contribution in [0.2, 0.25) is 5.82 Å². The highest BCUT2D eigenvalue weighted by molar-refractivity contribution is 6.14. The summed E-state index contributed by atoms with van der Waals surface area (Å²) >= 11 is 0. The van der Waals surface area contributed by atoms with Crippen LogP contribution in [0.3, 0.4) is 0 Å². The Bertz CT molecular complexity index is 228. The zero-order valence-corrected chi connectivity index (χ0v) is 7.84. The number of rotatable bonds is 1. The molecule has 0 aromatic rings. The minimum Gasteiger partial charge on any atom is -0.494 e. The molecule has 1 nitrogen and oxygen atoms in total. The minimum atomic E-state index is 0.600. The second-order valence-corrected chi connectivity index (χ2v) is 3.05. The van der Waals surface area contributed by atoms with Gasteiger partial charge in [-0.15, -0.1) is 0 Å². The molecule has 1 rings (SSSR count). The van der Waals surface area contributed by atoms with Crippen molar-refractivity contribution in [3.05, 3.63) is 36.1 Å². The first-order chi connectivity index (χ1) is 5.79. The summed E-state index contributed by atoms with van der Waals surface area (Å²) in [6.45, 7) is 6.55. The molecule has 64 valence electrons. The molecule has 0 N–H and O–H groups in total. The lowest BCUT2D eigenvalue weighted by Gasteiger charge is -2.25. The van der Waals surface area contributed by atoms with Crippen LogP contribution in [0.5, 0.6) is 0 Å². The third-order valence-electron chi connectivity index (χ3n) is 2.18. The van der Waals surface area contributed by atoms with E-state index in [1.807, 2.05) is 25.2 Å². The summed E-state index contributed by atoms with van der Waals surface area (Å²) in [6, 6.07) is 0. The maximum absolute atomic E-state index is 5.51. The van der Waals surface area contributed by atoms with E-state index in [0.717, 1.165) is 18.8 Å². The molecule has 0 amide bonds. The molecule has 1 aliphatic heterocycles. The van der Waals surface area contributed by atoms with E-state index in [-0.39, 0.29) is 0 Å². The van der Waals surface area contributed by atoms with Crippen LogP contribution in [-0.4, -0.2) is 14.5 Å². The average Bonchev–Trinajstić information content (AvgIpc) is 2.09. The summed E-state index contributed by atoms with van der Waals surface area (Å²) in [5, 5.41) is 0. The number of allylic oxidation sites excluding steroid dienone is 4. The smallest absolute Gasteiger partial charge is 0.117 e. The Morgan fingerprint density at radius 3 is 3.00 bits per heavy atom. The maximum Gasteiger partial charge on any atom is 0.117 e. The van der Waals surface area contributed by atoms with Crippen molar-refractivity contribution in [3.8, 4) is 0 Å². The van der Waals surface area contributed by atoms with Crippen LogP contribution in [0.25, 0.3) is 0 Å². The topological polar surface area (TPSA) is 9.23 Å². The number of ether oxygens (including phenoxy) is 1. The van der Waals surface area contributed by atoms with Gasteiger partial charge in [0.05, 0.1) is 6.61 Å². The van der Waals surface area contributed by atoms with E-state index in [1.54, 1.807) is 0 Å². The zero-order chi connectivity index (χ0) is 8.97. The molecule has 1 unspecified atom stereocenters. The maximum atomic E-state index is 5.51. The summed E-state index contributed by atoms with van der Waals surface area (Å²) < 4.78 is 5.51. The molecule has 1 fully saturated rings. The largest absolute Gasteiger partial charge is 0.494 e. The summed E-state index contributed by atoms with van der Waals surface area (Å²) in [4.78, 5) is 0. The second kappa shape index (κ2) is 4.20. The lowest BCUT2D eigenvalue weighted by atomic mass is 9.76. The Morgan fingerprint density at radius 2 is 2.42 bits per heavy atom. The minimum absolute atomic E-state index is 0.600. The molecule has 0 saturated carbocycles. The summed E-state index contributed by atoms with van der Waals surface area (Å²) in [6.07, 6.45) is 6.99. The predicted molar refractivity (Wildman–Crippen MR) is 54.9 cm³/mol. The standard InChI is InChI=1S/C10H15BO/c1-3-5-8-9(11)6-7-12-10(8)4-2/h3-5,9H,1,6-7,11H2,2H3/b8-5-,10-4+. The Morgan fingerprint density at radius 1 is 1.67 bits per heavy atom. The highest BCUT2D eigenvalue weighted by atomic mass is 16.5. The predicted octanol–water partition coefficient (Wildman–Crippen LogP) is 1.84. The number of hydrogen-bond acceptors (Lipinski definition) is 1. The van der Waals surface area contributed by atoms with Crippen molar-refractivity contribution < 1.29 is 4.74 Å². The van der Waals surface area contributed by atoms with E-state index in [1.165, 1.54) is 5.57 Å². The molecule has 0 spiro atoms.